The van der Waals surface area contributed by atoms with Crippen LogP contribution in [0.25, 0.3) is 44.2 Å². The van der Waals surface area contributed by atoms with E-state index in [0.29, 0.717) is 34.9 Å². The smallest absolute Gasteiger partial charge is 0.237 e. The number of aryl methyl sites for hydroxylation is 2. The molecule has 50 heavy (non-hydrogen) atoms. The summed E-state index contributed by atoms with van der Waals surface area (Å²) >= 11 is 6.35. The van der Waals surface area contributed by atoms with Crippen LogP contribution < -0.4 is 0 Å². The first-order chi connectivity index (χ1) is 24.4. The summed E-state index contributed by atoms with van der Waals surface area (Å²) in [5.41, 5.74) is 4.24. The Balaban J connectivity index is 0.000000157. The quantitative estimate of drug-likeness (QED) is 0.125. The van der Waals surface area contributed by atoms with Crippen molar-refractivity contribution in [2.45, 2.75) is 35.7 Å². The molecule has 16 heteroatoms. The zero-order valence-corrected chi connectivity index (χ0v) is 30.7. The number of rotatable bonds is 10. The van der Waals surface area contributed by atoms with Gasteiger partial charge in [0.1, 0.15) is 0 Å². The highest BCUT2D eigenvalue weighted by Crippen LogP contribution is 2.29. The summed E-state index contributed by atoms with van der Waals surface area (Å²) in [7, 11) is 3.92. The lowest BCUT2D eigenvalue weighted by atomic mass is 10.1. The second-order valence-electron chi connectivity index (χ2n) is 11.0. The van der Waals surface area contributed by atoms with Crippen molar-refractivity contribution in [2.24, 2.45) is 14.1 Å². The van der Waals surface area contributed by atoms with Gasteiger partial charge in [-0.15, -0.1) is 43.1 Å². The van der Waals surface area contributed by atoms with E-state index in [-0.39, 0.29) is 0 Å². The van der Waals surface area contributed by atoms with Crippen molar-refractivity contribution in [3.05, 3.63) is 106 Å². The molecule has 0 aliphatic heterocycles. The van der Waals surface area contributed by atoms with Gasteiger partial charge in [-0.2, -0.15) is 9.97 Å². The first-order valence-electron chi connectivity index (χ1n) is 15.3. The van der Waals surface area contributed by atoms with Gasteiger partial charge in [0.05, 0.1) is 21.3 Å². The van der Waals surface area contributed by atoms with Crippen LogP contribution in [0.5, 0.6) is 0 Å². The van der Waals surface area contributed by atoms with E-state index in [2.05, 4.69) is 40.7 Å². The third-order valence-electron chi connectivity index (χ3n) is 7.29. The van der Waals surface area contributed by atoms with E-state index in [0.717, 1.165) is 42.8 Å². The Morgan fingerprint density at radius 1 is 0.600 bits per heavy atom. The molecule has 0 atom stereocenters. The molecule has 0 amide bonds. The van der Waals surface area contributed by atoms with E-state index in [4.69, 9.17) is 9.05 Å². The molecule has 0 N–H and O–H groups in total. The minimum Gasteiger partial charge on any atom is -0.338 e. The molecular formula is C34H30N10O2S4. The average molecular weight is 739 g/mol. The Labute approximate surface area is 304 Å². The normalized spacial score (nSPS) is 11.1. The van der Waals surface area contributed by atoms with Crippen molar-refractivity contribution >= 4 is 46.2 Å². The number of hydrogen-bond acceptors (Lipinski definition) is 14. The van der Waals surface area contributed by atoms with Crippen LogP contribution in [0, 0.1) is 13.8 Å². The van der Waals surface area contributed by atoms with Gasteiger partial charge < -0.3 is 18.2 Å². The highest BCUT2D eigenvalue weighted by Gasteiger charge is 2.16. The summed E-state index contributed by atoms with van der Waals surface area (Å²) in [6.07, 6.45) is 0. The van der Waals surface area contributed by atoms with E-state index in [1.807, 2.05) is 121 Å². The summed E-state index contributed by atoms with van der Waals surface area (Å²) in [5, 5.41) is 30.9. The highest BCUT2D eigenvalue weighted by atomic mass is 32.2. The Morgan fingerprint density at radius 2 is 1.06 bits per heavy atom. The molecule has 6 aromatic heterocycles. The summed E-state index contributed by atoms with van der Waals surface area (Å²) in [6.45, 7) is 4.08. The summed E-state index contributed by atoms with van der Waals surface area (Å²) in [4.78, 5) is 11.1. The molecule has 0 saturated heterocycles. The molecule has 252 valence electrons. The maximum atomic E-state index is 5.36. The Hall–Kier alpha value is -4.90. The van der Waals surface area contributed by atoms with E-state index < -0.39 is 0 Å². The topological polar surface area (TPSA) is 139 Å². The van der Waals surface area contributed by atoms with Gasteiger partial charge in [0, 0.05) is 25.2 Å². The molecule has 0 aliphatic rings. The number of thiophene rings is 2. The molecule has 0 bridgehead atoms. The number of hydrogen-bond donors (Lipinski definition) is 0. The maximum absolute atomic E-state index is 5.36. The molecule has 0 saturated carbocycles. The van der Waals surface area contributed by atoms with Crippen LogP contribution in [-0.2, 0) is 25.6 Å². The molecule has 8 rings (SSSR count). The van der Waals surface area contributed by atoms with Gasteiger partial charge in [0.25, 0.3) is 0 Å². The second kappa shape index (κ2) is 15.3. The predicted molar refractivity (Wildman–Crippen MR) is 197 cm³/mol. The fraction of sp³-hybridized carbons (Fsp3) is 0.176. The zero-order chi connectivity index (χ0) is 34.5. The van der Waals surface area contributed by atoms with Gasteiger partial charge in [-0.25, -0.2) is 0 Å². The molecule has 2 aromatic carbocycles. The van der Waals surface area contributed by atoms with Crippen molar-refractivity contribution in [1.82, 2.24) is 49.8 Å². The first-order valence-corrected chi connectivity index (χ1v) is 19.1. The summed E-state index contributed by atoms with van der Waals surface area (Å²) in [6, 6.07) is 24.2. The van der Waals surface area contributed by atoms with Crippen molar-refractivity contribution < 1.29 is 9.05 Å². The lowest BCUT2D eigenvalue weighted by Gasteiger charge is -2.00. The van der Waals surface area contributed by atoms with Crippen LogP contribution in [-0.4, -0.2) is 49.8 Å². The average Bonchev–Trinajstić information content (AvgIpc) is 3.96. The van der Waals surface area contributed by atoms with Crippen LogP contribution >= 0.6 is 46.2 Å². The SMILES string of the molecule is Cc1cccc(-c2noc(CSc3nnc(-c4cccs4)n3C)n2)c1.Cc1cccc(-c2noc(CSc3nnc(-c4cccs4)n3C)n2)c1. The first kappa shape index (κ1) is 33.6. The molecule has 12 nitrogen and oxygen atoms in total. The Morgan fingerprint density at radius 3 is 1.46 bits per heavy atom. The van der Waals surface area contributed by atoms with Crippen molar-refractivity contribution in [1.29, 1.82) is 0 Å². The van der Waals surface area contributed by atoms with Crippen LogP contribution in [0.4, 0.5) is 0 Å². The number of aromatic nitrogens is 10. The van der Waals surface area contributed by atoms with Gasteiger partial charge >= 0.3 is 0 Å². The number of thioether (sulfide) groups is 2. The van der Waals surface area contributed by atoms with Gasteiger partial charge in [-0.1, -0.05) is 93.5 Å². The zero-order valence-electron chi connectivity index (χ0n) is 27.4. The van der Waals surface area contributed by atoms with Crippen molar-refractivity contribution in [3.63, 3.8) is 0 Å². The lowest BCUT2D eigenvalue weighted by molar-refractivity contribution is 0.391. The largest absolute Gasteiger partial charge is 0.338 e. The van der Waals surface area contributed by atoms with Crippen LogP contribution in [0.3, 0.4) is 0 Å². The van der Waals surface area contributed by atoms with E-state index >= 15 is 0 Å². The van der Waals surface area contributed by atoms with Crippen LogP contribution in [0.2, 0.25) is 0 Å². The fourth-order valence-corrected chi connectivity index (χ4v) is 7.79. The minimum atomic E-state index is 0.551. The number of nitrogens with zero attached hydrogens (tertiary/aromatic N) is 10. The summed E-state index contributed by atoms with van der Waals surface area (Å²) in [5.74, 6) is 5.19. The molecule has 8 aromatic rings. The van der Waals surface area contributed by atoms with E-state index in [1.165, 1.54) is 34.7 Å². The van der Waals surface area contributed by atoms with Crippen molar-refractivity contribution in [3.8, 4) is 44.2 Å². The molecular weight excluding hydrogens is 709 g/mol. The molecule has 0 aliphatic carbocycles. The fourth-order valence-electron chi connectivity index (χ4n) is 4.80. The monoisotopic (exact) mass is 738 g/mol. The standard InChI is InChI=1S/2C17H15N5OS2/c2*1-11-5-3-6-12(9-11)15-18-14(23-21-15)10-25-17-20-19-16(22(17)2)13-7-4-8-24-13/h2*3-9H,10H2,1-2H3. The van der Waals surface area contributed by atoms with E-state index in [9.17, 15) is 0 Å². The van der Waals surface area contributed by atoms with Gasteiger partial charge in [0.15, 0.2) is 22.0 Å². The molecule has 0 fully saturated rings. The third kappa shape index (κ3) is 7.78. The van der Waals surface area contributed by atoms with E-state index in [1.54, 1.807) is 22.7 Å². The van der Waals surface area contributed by atoms with Crippen LogP contribution in [0.1, 0.15) is 22.9 Å². The molecule has 6 heterocycles. The third-order valence-corrected chi connectivity index (χ3v) is 11.0. The van der Waals surface area contributed by atoms with Gasteiger partial charge in [-0.05, 0) is 48.9 Å². The Bertz CT molecular complexity index is 2140. The molecule has 0 radical (unpaired) electrons. The Kier molecular flexibility index (Phi) is 10.3. The van der Waals surface area contributed by atoms with Gasteiger partial charge in [-0.3, -0.25) is 0 Å². The van der Waals surface area contributed by atoms with Crippen LogP contribution in [0.15, 0.2) is 103 Å². The van der Waals surface area contributed by atoms with Crippen molar-refractivity contribution in [2.75, 3.05) is 0 Å². The maximum Gasteiger partial charge on any atom is 0.237 e. The number of benzene rings is 2. The second-order valence-corrected chi connectivity index (χ2v) is 14.8. The highest BCUT2D eigenvalue weighted by molar-refractivity contribution is 7.98. The van der Waals surface area contributed by atoms with Gasteiger partial charge in [0.2, 0.25) is 23.4 Å². The molecule has 0 unspecified atom stereocenters. The minimum absolute atomic E-state index is 0.551. The predicted octanol–water partition coefficient (Wildman–Crippen LogP) is 8.39. The molecule has 0 spiro atoms. The summed E-state index contributed by atoms with van der Waals surface area (Å²) < 4.78 is 14.7. The lowest BCUT2D eigenvalue weighted by Crippen LogP contribution is -1.94.